The predicted molar refractivity (Wildman–Crippen MR) is 139 cm³/mol. The van der Waals surface area contributed by atoms with Gasteiger partial charge in [-0.25, -0.2) is 0 Å². The summed E-state index contributed by atoms with van der Waals surface area (Å²) in [5, 5.41) is 9.38. The summed E-state index contributed by atoms with van der Waals surface area (Å²) in [7, 11) is 0. The minimum atomic E-state index is -0.125. The monoisotopic (exact) mass is 647 g/mol. The SMILES string of the molecule is CC(=O)/C=C(/C)O.Cc1[c-]c(-c2ccc3cc(-c4ccc(C)cc4)oc3n2)cc(C(C)(C)C)c1.[Ir]. The molecule has 4 nitrogen and oxygen atoms in total. The average Bonchev–Trinajstić information content (AvgIpc) is 3.16. The molecule has 0 aliphatic heterocycles. The topological polar surface area (TPSA) is 63.3 Å². The van der Waals surface area contributed by atoms with Gasteiger partial charge >= 0.3 is 0 Å². The molecule has 2 aromatic heterocycles. The Hall–Kier alpha value is -3.01. The molecule has 2 heterocycles. The van der Waals surface area contributed by atoms with Gasteiger partial charge in [0.15, 0.2) is 5.78 Å². The summed E-state index contributed by atoms with van der Waals surface area (Å²) in [6.07, 6.45) is 1.17. The number of aliphatic hydroxyl groups excluding tert-OH is 1. The van der Waals surface area contributed by atoms with Crippen LogP contribution in [0.1, 0.15) is 51.3 Å². The molecule has 4 aromatic rings. The number of nitrogens with zero attached hydrogens (tertiary/aromatic N) is 1. The molecule has 0 saturated heterocycles. The number of allylic oxidation sites excluding steroid dienone is 2. The van der Waals surface area contributed by atoms with Gasteiger partial charge in [-0.2, -0.15) is 0 Å². The molecule has 0 amide bonds. The molecule has 1 N–H and O–H groups in total. The maximum atomic E-state index is 10.0. The number of aromatic nitrogens is 1. The van der Waals surface area contributed by atoms with Crippen molar-refractivity contribution in [1.82, 2.24) is 4.98 Å². The van der Waals surface area contributed by atoms with Crippen molar-refractivity contribution in [2.75, 3.05) is 0 Å². The summed E-state index contributed by atoms with van der Waals surface area (Å²) in [6, 6.07) is 22.4. The molecule has 0 aliphatic carbocycles. The fourth-order valence-corrected chi connectivity index (χ4v) is 3.51. The van der Waals surface area contributed by atoms with Crippen LogP contribution >= 0.6 is 0 Å². The van der Waals surface area contributed by atoms with Crippen molar-refractivity contribution in [2.24, 2.45) is 0 Å². The minimum absolute atomic E-state index is 0. The number of furan rings is 1. The number of fused-ring (bicyclic) bond motifs is 1. The molecule has 0 unspecified atom stereocenters. The Labute approximate surface area is 221 Å². The second-order valence-corrected chi connectivity index (χ2v) is 9.68. The van der Waals surface area contributed by atoms with E-state index < -0.39 is 0 Å². The van der Waals surface area contributed by atoms with E-state index in [1.165, 1.54) is 31.1 Å². The summed E-state index contributed by atoms with van der Waals surface area (Å²) in [5.74, 6) is 0.783. The molecule has 0 aliphatic rings. The Morgan fingerprint density at radius 2 is 1.66 bits per heavy atom. The molecule has 5 heteroatoms. The van der Waals surface area contributed by atoms with E-state index in [0.717, 1.165) is 33.5 Å². The Kier molecular flexibility index (Phi) is 9.37. The average molecular weight is 647 g/mol. The molecule has 185 valence electrons. The number of aryl methyl sites for hydroxylation is 2. The first-order valence-corrected chi connectivity index (χ1v) is 11.3. The van der Waals surface area contributed by atoms with E-state index in [4.69, 9.17) is 14.5 Å². The number of benzene rings is 2. The van der Waals surface area contributed by atoms with Crippen LogP contribution in [-0.4, -0.2) is 15.9 Å². The van der Waals surface area contributed by atoms with Gasteiger partial charge in [-0.1, -0.05) is 69.7 Å². The van der Waals surface area contributed by atoms with Gasteiger partial charge in [-0.3, -0.25) is 9.78 Å². The van der Waals surface area contributed by atoms with Gasteiger partial charge in [0.2, 0.25) is 5.71 Å². The first-order chi connectivity index (χ1) is 15.9. The Morgan fingerprint density at radius 1 is 1.00 bits per heavy atom. The number of carbonyl (C=O) groups is 1. The largest absolute Gasteiger partial charge is 0.512 e. The van der Waals surface area contributed by atoms with Crippen LogP contribution in [-0.2, 0) is 30.3 Å². The smallest absolute Gasteiger partial charge is 0.217 e. The van der Waals surface area contributed by atoms with Crippen molar-refractivity contribution in [3.05, 3.63) is 89.2 Å². The van der Waals surface area contributed by atoms with E-state index >= 15 is 0 Å². The minimum Gasteiger partial charge on any atom is -0.512 e. The Bertz CT molecular complexity index is 1340. The number of hydrogen-bond acceptors (Lipinski definition) is 4. The van der Waals surface area contributed by atoms with E-state index in [1.54, 1.807) is 0 Å². The molecular weight excluding hydrogens is 615 g/mol. The van der Waals surface area contributed by atoms with Crippen LogP contribution in [0.25, 0.3) is 33.7 Å². The van der Waals surface area contributed by atoms with Crippen molar-refractivity contribution in [3.8, 4) is 22.6 Å². The second-order valence-electron chi connectivity index (χ2n) is 9.68. The number of aliphatic hydroxyl groups is 1. The van der Waals surface area contributed by atoms with Crippen LogP contribution in [0.5, 0.6) is 0 Å². The number of carbonyl (C=O) groups excluding carboxylic acids is 1. The van der Waals surface area contributed by atoms with Gasteiger partial charge in [-0.15, -0.1) is 34.9 Å². The fourth-order valence-electron chi connectivity index (χ4n) is 3.51. The molecule has 0 fully saturated rings. The van der Waals surface area contributed by atoms with Crippen LogP contribution in [0.3, 0.4) is 0 Å². The summed E-state index contributed by atoms with van der Waals surface area (Å²) in [5.41, 5.74) is 7.36. The third-order valence-corrected chi connectivity index (χ3v) is 5.28. The summed E-state index contributed by atoms with van der Waals surface area (Å²) < 4.78 is 6.06. The molecule has 0 spiro atoms. The zero-order valence-corrected chi connectivity index (χ0v) is 23.7. The van der Waals surface area contributed by atoms with Gasteiger partial charge in [-0.05, 0) is 37.9 Å². The molecular formula is C30H32IrNO3-. The van der Waals surface area contributed by atoms with Crippen LogP contribution in [0.2, 0.25) is 0 Å². The maximum absolute atomic E-state index is 10.0. The van der Waals surface area contributed by atoms with Gasteiger partial charge in [0, 0.05) is 37.1 Å². The number of ketones is 1. The first-order valence-electron chi connectivity index (χ1n) is 11.3. The first kappa shape index (κ1) is 28.2. The number of rotatable bonds is 3. The van der Waals surface area contributed by atoms with Crippen molar-refractivity contribution in [1.29, 1.82) is 0 Å². The van der Waals surface area contributed by atoms with E-state index in [0.29, 0.717) is 5.71 Å². The standard InChI is InChI=1S/C25H24NO.C5H8O2.Ir/c1-16-6-8-18(9-7-16)23-15-19-10-11-22(26-24(19)27-23)20-12-17(2)13-21(14-20)25(3,4)5;1-4(6)3-5(2)7;/h6-11,13-15H,1-5H3;3,6H,1-2H3;/q-1;;/b;4-3-;. The maximum Gasteiger partial charge on any atom is 0.217 e. The molecule has 0 bridgehead atoms. The van der Waals surface area contributed by atoms with E-state index in [9.17, 15) is 4.79 Å². The molecule has 1 radical (unpaired) electrons. The zero-order chi connectivity index (χ0) is 25.0. The van der Waals surface area contributed by atoms with Crippen molar-refractivity contribution < 1.29 is 34.4 Å². The summed E-state index contributed by atoms with van der Waals surface area (Å²) >= 11 is 0. The normalized spacial score (nSPS) is 11.5. The van der Waals surface area contributed by atoms with Crippen molar-refractivity contribution in [2.45, 2.75) is 53.9 Å². The summed E-state index contributed by atoms with van der Waals surface area (Å²) in [4.78, 5) is 14.8. The quantitative estimate of drug-likeness (QED) is 0.140. The fraction of sp³-hybridized carbons (Fsp3) is 0.267. The second kappa shape index (κ2) is 11.6. The molecule has 2 aromatic carbocycles. The van der Waals surface area contributed by atoms with Gasteiger partial charge in [0.25, 0.3) is 0 Å². The van der Waals surface area contributed by atoms with Crippen molar-refractivity contribution >= 4 is 16.9 Å². The van der Waals surface area contributed by atoms with Crippen molar-refractivity contribution in [3.63, 3.8) is 0 Å². The van der Waals surface area contributed by atoms with E-state index in [-0.39, 0.29) is 37.1 Å². The Balaban J connectivity index is 0.000000476. The van der Waals surface area contributed by atoms with Crippen LogP contribution in [0, 0.1) is 19.9 Å². The third kappa shape index (κ3) is 7.74. The van der Waals surface area contributed by atoms with E-state index in [2.05, 4.69) is 95.3 Å². The molecule has 35 heavy (non-hydrogen) atoms. The van der Waals surface area contributed by atoms with Crippen LogP contribution in [0.15, 0.2) is 70.8 Å². The molecule has 0 saturated carbocycles. The molecule has 4 rings (SSSR count). The number of hydrogen-bond donors (Lipinski definition) is 1. The predicted octanol–water partition coefficient (Wildman–Crippen LogP) is 7.91. The third-order valence-electron chi connectivity index (χ3n) is 5.28. The van der Waals surface area contributed by atoms with Crippen LogP contribution < -0.4 is 0 Å². The summed E-state index contributed by atoms with van der Waals surface area (Å²) in [6.45, 7) is 13.7. The molecule has 0 atom stereocenters. The zero-order valence-electron chi connectivity index (χ0n) is 21.3. The van der Waals surface area contributed by atoms with Gasteiger partial charge in [0.05, 0.1) is 5.76 Å². The Morgan fingerprint density at radius 3 is 2.20 bits per heavy atom. The number of pyridine rings is 1. The van der Waals surface area contributed by atoms with Gasteiger partial charge < -0.3 is 9.52 Å². The van der Waals surface area contributed by atoms with Gasteiger partial charge in [0.1, 0.15) is 5.76 Å². The van der Waals surface area contributed by atoms with E-state index in [1.807, 2.05) is 0 Å². The van der Waals surface area contributed by atoms with Crippen LogP contribution in [0.4, 0.5) is 0 Å².